The lowest BCUT2D eigenvalue weighted by Crippen LogP contribution is -2.18. The SMILES string of the molecule is O=C(NN=Cc1ccccc1OC(=O)c1ccc2c(c1)OCO2)c1cccc(NC(=O)c2ccc(Cl)cc2Cl)c1. The largest absolute Gasteiger partial charge is 0.454 e. The molecule has 0 unspecified atom stereocenters. The first-order chi connectivity index (χ1) is 19.4. The number of benzene rings is 4. The second-order valence-corrected chi connectivity index (χ2v) is 9.20. The Labute approximate surface area is 238 Å². The zero-order chi connectivity index (χ0) is 28.1. The van der Waals surface area contributed by atoms with E-state index in [0.717, 1.165) is 0 Å². The second-order valence-electron chi connectivity index (χ2n) is 8.35. The van der Waals surface area contributed by atoms with E-state index in [9.17, 15) is 14.4 Å². The fourth-order valence-corrected chi connectivity index (χ4v) is 4.19. The molecule has 1 aliphatic rings. The number of hydrogen-bond donors (Lipinski definition) is 2. The molecular formula is C29H19Cl2N3O6. The summed E-state index contributed by atoms with van der Waals surface area (Å²) in [4.78, 5) is 38.0. The van der Waals surface area contributed by atoms with E-state index in [2.05, 4.69) is 15.8 Å². The molecule has 2 amide bonds. The fourth-order valence-electron chi connectivity index (χ4n) is 3.70. The Kier molecular flexibility index (Phi) is 7.95. The van der Waals surface area contributed by atoms with Crippen molar-refractivity contribution in [3.8, 4) is 17.2 Å². The van der Waals surface area contributed by atoms with Crippen LogP contribution in [0.3, 0.4) is 0 Å². The van der Waals surface area contributed by atoms with E-state index in [0.29, 0.717) is 27.8 Å². The molecule has 4 aromatic rings. The highest BCUT2D eigenvalue weighted by Crippen LogP contribution is 2.33. The van der Waals surface area contributed by atoms with Crippen molar-refractivity contribution in [2.75, 3.05) is 12.1 Å². The zero-order valence-corrected chi connectivity index (χ0v) is 22.0. The summed E-state index contributed by atoms with van der Waals surface area (Å²) >= 11 is 12.0. The van der Waals surface area contributed by atoms with Crippen LogP contribution in [-0.4, -0.2) is 30.8 Å². The number of nitrogens with one attached hydrogen (secondary N) is 2. The third-order valence-electron chi connectivity index (χ3n) is 5.66. The summed E-state index contributed by atoms with van der Waals surface area (Å²) in [5, 5.41) is 7.31. The standard InChI is InChI=1S/C29H19Cl2N3O6/c30-20-9-10-22(23(31)14-20)28(36)33-21-6-3-5-17(12-21)27(35)34-32-15-19-4-1-2-7-24(19)40-29(37)18-8-11-25-26(13-18)39-16-38-25/h1-15H,16H2,(H,33,36)(H,34,35). The molecule has 0 aliphatic carbocycles. The van der Waals surface area contributed by atoms with Gasteiger partial charge in [0.1, 0.15) is 5.75 Å². The van der Waals surface area contributed by atoms with Crippen molar-refractivity contribution in [2.24, 2.45) is 5.10 Å². The summed E-state index contributed by atoms with van der Waals surface area (Å²) in [5.74, 6) is -0.311. The van der Waals surface area contributed by atoms with E-state index < -0.39 is 17.8 Å². The predicted octanol–water partition coefficient (Wildman–Crippen LogP) is 5.96. The average Bonchev–Trinajstić information content (AvgIpc) is 3.42. The molecule has 2 N–H and O–H groups in total. The van der Waals surface area contributed by atoms with Crippen molar-refractivity contribution in [1.29, 1.82) is 0 Å². The normalized spacial score (nSPS) is 11.8. The van der Waals surface area contributed by atoms with Gasteiger partial charge >= 0.3 is 5.97 Å². The number of amides is 2. The van der Waals surface area contributed by atoms with E-state index in [1.54, 1.807) is 66.7 Å². The molecule has 0 saturated carbocycles. The molecular weight excluding hydrogens is 557 g/mol. The maximum Gasteiger partial charge on any atom is 0.343 e. The smallest absolute Gasteiger partial charge is 0.343 e. The van der Waals surface area contributed by atoms with Gasteiger partial charge in [0, 0.05) is 21.8 Å². The number of carbonyl (C=O) groups is 3. The number of hydrogen-bond acceptors (Lipinski definition) is 7. The second kappa shape index (κ2) is 11.9. The molecule has 0 atom stereocenters. The third kappa shape index (κ3) is 6.23. The van der Waals surface area contributed by atoms with Crippen molar-refractivity contribution in [1.82, 2.24) is 5.43 Å². The highest BCUT2D eigenvalue weighted by Gasteiger charge is 2.18. The maximum absolute atomic E-state index is 12.7. The molecule has 0 fully saturated rings. The summed E-state index contributed by atoms with van der Waals surface area (Å²) in [6, 6.07) is 22.3. The number of nitrogens with zero attached hydrogens (tertiary/aromatic N) is 1. The van der Waals surface area contributed by atoms with Crippen LogP contribution in [0.5, 0.6) is 17.2 Å². The number of carbonyl (C=O) groups excluding carboxylic acids is 3. The van der Waals surface area contributed by atoms with Gasteiger partial charge in [0.05, 0.1) is 22.4 Å². The summed E-state index contributed by atoms with van der Waals surface area (Å²) in [5.41, 5.74) is 4.04. The van der Waals surface area contributed by atoms with Gasteiger partial charge in [-0.3, -0.25) is 9.59 Å². The quantitative estimate of drug-likeness (QED) is 0.122. The van der Waals surface area contributed by atoms with Crippen LogP contribution in [-0.2, 0) is 0 Å². The van der Waals surface area contributed by atoms with Crippen LogP contribution < -0.4 is 25.0 Å². The molecule has 0 saturated heterocycles. The van der Waals surface area contributed by atoms with Gasteiger partial charge in [0.25, 0.3) is 11.8 Å². The Hall–Kier alpha value is -4.86. The van der Waals surface area contributed by atoms with E-state index >= 15 is 0 Å². The predicted molar refractivity (Wildman–Crippen MR) is 150 cm³/mol. The Morgan fingerprint density at radius 2 is 1.65 bits per heavy atom. The van der Waals surface area contributed by atoms with Crippen LogP contribution in [0.15, 0.2) is 90.0 Å². The first kappa shape index (κ1) is 26.7. The number of anilines is 1. The number of rotatable bonds is 7. The van der Waals surface area contributed by atoms with Gasteiger partial charge in [-0.1, -0.05) is 41.4 Å². The Morgan fingerprint density at radius 1 is 0.825 bits per heavy atom. The molecule has 0 bridgehead atoms. The maximum atomic E-state index is 12.7. The molecule has 9 nitrogen and oxygen atoms in total. The van der Waals surface area contributed by atoms with Gasteiger partial charge in [-0.2, -0.15) is 5.10 Å². The molecule has 1 heterocycles. The number of fused-ring (bicyclic) bond motifs is 1. The van der Waals surface area contributed by atoms with Crippen LogP contribution >= 0.6 is 23.2 Å². The van der Waals surface area contributed by atoms with E-state index in [1.165, 1.54) is 24.4 Å². The van der Waals surface area contributed by atoms with Gasteiger partial charge in [-0.15, -0.1) is 0 Å². The fraction of sp³-hybridized carbons (Fsp3) is 0.0345. The van der Waals surface area contributed by atoms with E-state index in [4.69, 9.17) is 37.4 Å². The summed E-state index contributed by atoms with van der Waals surface area (Å²) < 4.78 is 16.1. The molecule has 200 valence electrons. The third-order valence-corrected chi connectivity index (χ3v) is 6.21. The molecule has 0 aromatic heterocycles. The molecule has 5 rings (SSSR count). The van der Waals surface area contributed by atoms with Gasteiger partial charge < -0.3 is 19.5 Å². The molecule has 1 aliphatic heterocycles. The van der Waals surface area contributed by atoms with Crippen molar-refractivity contribution < 1.29 is 28.6 Å². The zero-order valence-electron chi connectivity index (χ0n) is 20.5. The molecule has 4 aromatic carbocycles. The average molecular weight is 576 g/mol. The Morgan fingerprint density at radius 3 is 2.50 bits per heavy atom. The van der Waals surface area contributed by atoms with Crippen LogP contribution in [0, 0.1) is 0 Å². The number of ether oxygens (including phenoxy) is 3. The highest BCUT2D eigenvalue weighted by molar-refractivity contribution is 6.37. The molecule has 11 heteroatoms. The summed E-state index contributed by atoms with van der Waals surface area (Å²) in [6.07, 6.45) is 1.36. The van der Waals surface area contributed by atoms with Crippen LogP contribution in [0.2, 0.25) is 10.0 Å². The van der Waals surface area contributed by atoms with Crippen molar-refractivity contribution in [2.45, 2.75) is 0 Å². The minimum Gasteiger partial charge on any atom is -0.454 e. The number of hydrazone groups is 1. The minimum absolute atomic E-state index is 0.0933. The molecule has 0 radical (unpaired) electrons. The van der Waals surface area contributed by atoms with Crippen LogP contribution in [0.1, 0.15) is 36.6 Å². The van der Waals surface area contributed by atoms with E-state index in [-0.39, 0.29) is 34.3 Å². The molecule has 40 heavy (non-hydrogen) atoms. The first-order valence-electron chi connectivity index (χ1n) is 11.8. The minimum atomic E-state index is -0.595. The lowest BCUT2D eigenvalue weighted by molar-refractivity contribution is 0.0733. The van der Waals surface area contributed by atoms with Crippen molar-refractivity contribution in [3.63, 3.8) is 0 Å². The first-order valence-corrected chi connectivity index (χ1v) is 12.5. The molecule has 0 spiro atoms. The number of halogens is 2. The Bertz CT molecular complexity index is 1660. The van der Waals surface area contributed by atoms with Crippen molar-refractivity contribution >= 4 is 52.9 Å². The topological polar surface area (TPSA) is 115 Å². The summed E-state index contributed by atoms with van der Waals surface area (Å²) in [6.45, 7) is 0.0933. The van der Waals surface area contributed by atoms with Gasteiger partial charge in [0.15, 0.2) is 11.5 Å². The number of esters is 1. The van der Waals surface area contributed by atoms with Crippen LogP contribution in [0.4, 0.5) is 5.69 Å². The lowest BCUT2D eigenvalue weighted by atomic mass is 10.1. The lowest BCUT2D eigenvalue weighted by Gasteiger charge is -2.09. The Balaban J connectivity index is 1.22. The highest BCUT2D eigenvalue weighted by atomic mass is 35.5. The van der Waals surface area contributed by atoms with Gasteiger partial charge in [0.2, 0.25) is 6.79 Å². The van der Waals surface area contributed by atoms with E-state index in [1.807, 2.05) is 0 Å². The van der Waals surface area contributed by atoms with Gasteiger partial charge in [-0.05, 0) is 66.7 Å². The van der Waals surface area contributed by atoms with Crippen molar-refractivity contribution in [3.05, 3.63) is 117 Å². The van der Waals surface area contributed by atoms with Crippen LogP contribution in [0.25, 0.3) is 0 Å². The number of para-hydroxylation sites is 1. The summed E-state index contributed by atoms with van der Waals surface area (Å²) in [7, 11) is 0. The monoisotopic (exact) mass is 575 g/mol. The van der Waals surface area contributed by atoms with Gasteiger partial charge in [-0.25, -0.2) is 10.2 Å².